The van der Waals surface area contributed by atoms with Crippen molar-refractivity contribution in [1.29, 1.82) is 0 Å². The second-order valence-electron chi connectivity index (χ2n) is 6.50. The molecule has 0 aliphatic rings. The van der Waals surface area contributed by atoms with Gasteiger partial charge in [0.25, 0.3) is 5.56 Å². The summed E-state index contributed by atoms with van der Waals surface area (Å²) >= 11 is 0. The Hall–Kier alpha value is -3.85. The summed E-state index contributed by atoms with van der Waals surface area (Å²) in [5.74, 6) is -1.41. The van der Waals surface area contributed by atoms with E-state index in [1.54, 1.807) is 30.5 Å². The summed E-state index contributed by atoms with van der Waals surface area (Å²) < 4.78 is 1.13. The normalized spacial score (nSPS) is 10.6. The number of carboxylic acids is 1. The Balaban J connectivity index is 2.07. The van der Waals surface area contributed by atoms with Gasteiger partial charge >= 0.3 is 5.97 Å². The van der Waals surface area contributed by atoms with E-state index in [0.29, 0.717) is 11.1 Å². The molecule has 0 spiro atoms. The van der Waals surface area contributed by atoms with E-state index in [2.05, 4.69) is 15.4 Å². The minimum absolute atomic E-state index is 0.0271. The molecule has 0 bridgehead atoms. The zero-order chi connectivity index (χ0) is 21.7. The molecule has 0 saturated heterocycles. The standard InChI is InChI=1S/C21H20N4O5/c1-13(27)19-18(16-3-2-9-22-12-16)24-17(8-10-26)20(28)25(19)23-11-14-4-6-15(7-5-14)21(29)30/h2-7,9,12,23,26H,8,10-11H2,1H3,(H,29,30). The van der Waals surface area contributed by atoms with Crippen molar-refractivity contribution in [2.75, 3.05) is 12.0 Å². The Morgan fingerprint density at radius 2 is 1.90 bits per heavy atom. The fraction of sp³-hybridized carbons (Fsp3) is 0.190. The van der Waals surface area contributed by atoms with E-state index in [-0.39, 0.29) is 48.0 Å². The number of nitrogens with one attached hydrogen (secondary N) is 1. The fourth-order valence-electron chi connectivity index (χ4n) is 2.96. The van der Waals surface area contributed by atoms with Crippen molar-refractivity contribution in [3.8, 4) is 11.3 Å². The van der Waals surface area contributed by atoms with Gasteiger partial charge in [0.2, 0.25) is 0 Å². The molecule has 9 heteroatoms. The highest BCUT2D eigenvalue weighted by molar-refractivity contribution is 5.98. The summed E-state index contributed by atoms with van der Waals surface area (Å²) in [6.07, 6.45) is 3.15. The lowest BCUT2D eigenvalue weighted by atomic mass is 10.1. The Bertz CT molecular complexity index is 1120. The van der Waals surface area contributed by atoms with Crippen LogP contribution in [-0.4, -0.2) is 43.2 Å². The zero-order valence-corrected chi connectivity index (χ0v) is 16.2. The average Bonchev–Trinajstić information content (AvgIpc) is 2.74. The largest absolute Gasteiger partial charge is 0.478 e. The first kappa shape index (κ1) is 20.9. The Morgan fingerprint density at radius 3 is 2.47 bits per heavy atom. The number of pyridine rings is 1. The van der Waals surface area contributed by atoms with Crippen LogP contribution in [0.3, 0.4) is 0 Å². The Labute approximate surface area is 171 Å². The smallest absolute Gasteiger partial charge is 0.335 e. The quantitative estimate of drug-likeness (QED) is 0.477. The highest BCUT2D eigenvalue weighted by atomic mass is 16.4. The summed E-state index contributed by atoms with van der Waals surface area (Å²) in [5.41, 5.74) is 4.27. The molecule has 2 aromatic heterocycles. The minimum Gasteiger partial charge on any atom is -0.478 e. The van der Waals surface area contributed by atoms with Gasteiger partial charge in [0, 0.05) is 37.9 Å². The molecule has 0 atom stereocenters. The molecule has 3 rings (SSSR count). The lowest BCUT2D eigenvalue weighted by Crippen LogP contribution is -2.37. The van der Waals surface area contributed by atoms with Crippen molar-refractivity contribution >= 4 is 11.8 Å². The first-order valence-electron chi connectivity index (χ1n) is 9.16. The van der Waals surface area contributed by atoms with Gasteiger partial charge in [0.1, 0.15) is 17.1 Å². The molecule has 30 heavy (non-hydrogen) atoms. The second-order valence-corrected chi connectivity index (χ2v) is 6.50. The maximum atomic E-state index is 12.9. The van der Waals surface area contributed by atoms with Crippen LogP contribution in [0.15, 0.2) is 53.6 Å². The number of rotatable bonds is 8. The van der Waals surface area contributed by atoms with Crippen molar-refractivity contribution in [3.05, 3.63) is 81.7 Å². The first-order chi connectivity index (χ1) is 14.4. The molecule has 0 radical (unpaired) electrons. The van der Waals surface area contributed by atoms with Crippen molar-refractivity contribution in [3.63, 3.8) is 0 Å². The number of aromatic nitrogens is 3. The van der Waals surface area contributed by atoms with Gasteiger partial charge in [0.15, 0.2) is 5.78 Å². The number of ketones is 1. The molecular weight excluding hydrogens is 388 g/mol. The number of nitrogens with zero attached hydrogens (tertiary/aromatic N) is 3. The summed E-state index contributed by atoms with van der Waals surface area (Å²) in [5, 5.41) is 18.3. The molecule has 0 fully saturated rings. The SMILES string of the molecule is CC(=O)c1c(-c2cccnc2)nc(CCO)c(=O)n1NCc1ccc(C(=O)O)cc1. The van der Waals surface area contributed by atoms with Gasteiger partial charge in [-0.25, -0.2) is 14.5 Å². The second kappa shape index (κ2) is 9.10. The first-order valence-corrected chi connectivity index (χ1v) is 9.16. The summed E-state index contributed by atoms with van der Waals surface area (Å²) in [6, 6.07) is 9.57. The molecule has 1 aromatic carbocycles. The van der Waals surface area contributed by atoms with E-state index in [1.807, 2.05) is 0 Å². The van der Waals surface area contributed by atoms with Crippen LogP contribution in [0.2, 0.25) is 0 Å². The van der Waals surface area contributed by atoms with Gasteiger partial charge < -0.3 is 15.6 Å². The molecule has 3 N–H and O–H groups in total. The maximum Gasteiger partial charge on any atom is 0.335 e. The number of aliphatic hydroxyl groups is 1. The summed E-state index contributed by atoms with van der Waals surface area (Å²) in [6.45, 7) is 1.22. The highest BCUT2D eigenvalue weighted by Gasteiger charge is 2.21. The Kier molecular flexibility index (Phi) is 6.33. The predicted octanol–water partition coefficient (Wildman–Crippen LogP) is 1.48. The molecule has 0 aliphatic heterocycles. The van der Waals surface area contributed by atoms with Gasteiger partial charge in [-0.1, -0.05) is 12.1 Å². The molecule has 0 unspecified atom stereocenters. The summed E-state index contributed by atoms with van der Waals surface area (Å²) in [4.78, 5) is 44.7. The zero-order valence-electron chi connectivity index (χ0n) is 16.2. The third-order valence-electron chi connectivity index (χ3n) is 4.40. The molecular formula is C21H20N4O5. The molecule has 9 nitrogen and oxygen atoms in total. The van der Waals surface area contributed by atoms with Crippen molar-refractivity contribution < 1.29 is 19.8 Å². The number of benzene rings is 1. The van der Waals surface area contributed by atoms with Gasteiger partial charge in [-0.05, 0) is 29.8 Å². The van der Waals surface area contributed by atoms with Crippen LogP contribution < -0.4 is 11.0 Å². The molecule has 0 amide bonds. The van der Waals surface area contributed by atoms with Crippen LogP contribution in [0.4, 0.5) is 0 Å². The van der Waals surface area contributed by atoms with Gasteiger partial charge in [-0.2, -0.15) is 0 Å². The van der Waals surface area contributed by atoms with Crippen LogP contribution in [-0.2, 0) is 13.0 Å². The van der Waals surface area contributed by atoms with Crippen molar-refractivity contribution in [2.45, 2.75) is 19.9 Å². The van der Waals surface area contributed by atoms with Crippen LogP contribution >= 0.6 is 0 Å². The van der Waals surface area contributed by atoms with E-state index in [1.165, 1.54) is 25.3 Å². The number of aliphatic hydroxyl groups excluding tert-OH is 1. The van der Waals surface area contributed by atoms with E-state index >= 15 is 0 Å². The summed E-state index contributed by atoms with van der Waals surface area (Å²) in [7, 11) is 0. The monoisotopic (exact) mass is 408 g/mol. The average molecular weight is 408 g/mol. The van der Waals surface area contributed by atoms with E-state index in [9.17, 15) is 19.5 Å². The highest BCUT2D eigenvalue weighted by Crippen LogP contribution is 2.20. The van der Waals surface area contributed by atoms with E-state index in [4.69, 9.17) is 5.11 Å². The van der Waals surface area contributed by atoms with Gasteiger partial charge in [-0.15, -0.1) is 0 Å². The molecule has 2 heterocycles. The number of Topliss-reactive ketones (excluding diaryl/α,β-unsaturated/α-hetero) is 1. The predicted molar refractivity (Wildman–Crippen MR) is 109 cm³/mol. The maximum absolute atomic E-state index is 12.9. The topological polar surface area (TPSA) is 134 Å². The van der Waals surface area contributed by atoms with Gasteiger partial charge in [0.05, 0.1) is 12.1 Å². The van der Waals surface area contributed by atoms with E-state index in [0.717, 1.165) is 4.68 Å². The third kappa shape index (κ3) is 4.41. The van der Waals surface area contributed by atoms with E-state index < -0.39 is 11.5 Å². The minimum atomic E-state index is -1.03. The fourth-order valence-corrected chi connectivity index (χ4v) is 2.96. The Morgan fingerprint density at radius 1 is 1.17 bits per heavy atom. The lowest BCUT2D eigenvalue weighted by molar-refractivity contribution is 0.0696. The number of carbonyl (C=O) groups excluding carboxylic acids is 1. The van der Waals surface area contributed by atoms with Crippen LogP contribution in [0.25, 0.3) is 11.3 Å². The number of carboxylic acid groups (broad SMARTS) is 1. The molecule has 0 aliphatic carbocycles. The number of hydrogen-bond donors (Lipinski definition) is 3. The van der Waals surface area contributed by atoms with Gasteiger partial charge in [-0.3, -0.25) is 14.6 Å². The number of carbonyl (C=O) groups is 2. The third-order valence-corrected chi connectivity index (χ3v) is 4.40. The van der Waals surface area contributed by atoms with Crippen LogP contribution in [0, 0.1) is 0 Å². The number of hydrogen-bond acceptors (Lipinski definition) is 7. The van der Waals surface area contributed by atoms with Crippen LogP contribution in [0.1, 0.15) is 39.0 Å². The van der Waals surface area contributed by atoms with Crippen molar-refractivity contribution in [2.24, 2.45) is 0 Å². The molecule has 3 aromatic rings. The molecule has 0 saturated carbocycles. The lowest BCUT2D eigenvalue weighted by Gasteiger charge is -2.18. The van der Waals surface area contributed by atoms with Crippen LogP contribution in [0.5, 0.6) is 0 Å². The molecule has 154 valence electrons. The number of aromatic carboxylic acids is 1. The van der Waals surface area contributed by atoms with Crippen molar-refractivity contribution in [1.82, 2.24) is 14.6 Å².